The summed E-state index contributed by atoms with van der Waals surface area (Å²) < 4.78 is 15.5. The molecule has 3 rings (SSSR count). The van der Waals surface area contributed by atoms with Gasteiger partial charge in [0.1, 0.15) is 30.4 Å². The molecular formula is C11H11ClFN5O3. The van der Waals surface area contributed by atoms with Crippen molar-refractivity contribution in [2.24, 2.45) is 0 Å². The highest BCUT2D eigenvalue weighted by Crippen LogP contribution is 2.40. The van der Waals surface area contributed by atoms with Crippen molar-refractivity contribution >= 4 is 28.6 Å². The molecule has 2 aromatic rings. The van der Waals surface area contributed by atoms with E-state index in [4.69, 9.17) is 22.4 Å². The van der Waals surface area contributed by atoms with Crippen molar-refractivity contribution in [2.45, 2.75) is 18.2 Å². The first-order chi connectivity index (χ1) is 9.97. The van der Waals surface area contributed by atoms with Crippen LogP contribution in [0.3, 0.4) is 0 Å². The number of fused-ring (bicyclic) bond motifs is 1. The zero-order valence-electron chi connectivity index (χ0n) is 10.5. The quantitative estimate of drug-likeness (QED) is 0.552. The Morgan fingerprint density at radius 3 is 2.71 bits per heavy atom. The SMILES string of the molecule is Nc1ncnc2c1nc(Cl)n2C1C(F)=C(CO)[C@H](O)[C@H]1O. The summed E-state index contributed by atoms with van der Waals surface area (Å²) in [6, 6.07) is -1.34. The summed E-state index contributed by atoms with van der Waals surface area (Å²) in [7, 11) is 0. The summed E-state index contributed by atoms with van der Waals surface area (Å²) in [5, 5.41) is 28.7. The molecule has 2 aromatic heterocycles. The first-order valence-corrected chi connectivity index (χ1v) is 6.34. The van der Waals surface area contributed by atoms with Crippen LogP contribution in [0.1, 0.15) is 6.04 Å². The van der Waals surface area contributed by atoms with E-state index in [1.807, 2.05) is 0 Å². The number of halogens is 2. The Bertz CT molecular complexity index is 749. The van der Waals surface area contributed by atoms with Crippen LogP contribution in [-0.2, 0) is 0 Å². The van der Waals surface area contributed by atoms with Gasteiger partial charge in [-0.2, -0.15) is 0 Å². The van der Waals surface area contributed by atoms with E-state index in [2.05, 4.69) is 15.0 Å². The van der Waals surface area contributed by atoms with E-state index >= 15 is 0 Å². The number of rotatable bonds is 2. The van der Waals surface area contributed by atoms with Gasteiger partial charge in [-0.3, -0.25) is 4.57 Å². The third-order valence-electron chi connectivity index (χ3n) is 3.48. The Kier molecular flexibility index (Phi) is 3.29. The van der Waals surface area contributed by atoms with Crippen LogP contribution in [0, 0.1) is 0 Å². The number of nitrogen functional groups attached to an aromatic ring is 1. The highest BCUT2D eigenvalue weighted by Gasteiger charge is 2.44. The van der Waals surface area contributed by atoms with Gasteiger partial charge in [-0.1, -0.05) is 0 Å². The first-order valence-electron chi connectivity index (χ1n) is 5.96. The van der Waals surface area contributed by atoms with Crippen LogP contribution in [0.25, 0.3) is 11.2 Å². The summed E-state index contributed by atoms with van der Waals surface area (Å²) >= 11 is 5.97. The average Bonchev–Trinajstić information content (AvgIpc) is 2.87. The van der Waals surface area contributed by atoms with Gasteiger partial charge in [-0.25, -0.2) is 19.3 Å². The molecule has 21 heavy (non-hydrogen) atoms. The van der Waals surface area contributed by atoms with Crippen molar-refractivity contribution in [2.75, 3.05) is 12.3 Å². The molecule has 10 heteroatoms. The molecular weight excluding hydrogens is 305 g/mol. The molecule has 0 saturated heterocycles. The van der Waals surface area contributed by atoms with Gasteiger partial charge in [0.25, 0.3) is 0 Å². The molecule has 5 N–H and O–H groups in total. The lowest BCUT2D eigenvalue weighted by Gasteiger charge is -2.19. The molecule has 0 aromatic carbocycles. The smallest absolute Gasteiger partial charge is 0.205 e. The van der Waals surface area contributed by atoms with Crippen molar-refractivity contribution in [1.82, 2.24) is 19.5 Å². The summed E-state index contributed by atoms with van der Waals surface area (Å²) in [6.45, 7) is -0.720. The highest BCUT2D eigenvalue weighted by molar-refractivity contribution is 6.29. The van der Waals surface area contributed by atoms with Crippen LogP contribution in [0.15, 0.2) is 17.7 Å². The molecule has 8 nitrogen and oxygen atoms in total. The van der Waals surface area contributed by atoms with Crippen molar-refractivity contribution in [3.63, 3.8) is 0 Å². The second kappa shape index (κ2) is 4.88. The fraction of sp³-hybridized carbons (Fsp3) is 0.364. The predicted octanol–water partition coefficient (Wildman–Crippen LogP) is -0.446. The Hall–Kier alpha value is -1.81. The second-order valence-electron chi connectivity index (χ2n) is 4.59. The fourth-order valence-electron chi connectivity index (χ4n) is 2.44. The van der Waals surface area contributed by atoms with Crippen LogP contribution in [0.4, 0.5) is 10.2 Å². The van der Waals surface area contributed by atoms with E-state index in [-0.39, 0.29) is 27.8 Å². The maximum absolute atomic E-state index is 14.3. The van der Waals surface area contributed by atoms with E-state index in [0.29, 0.717) is 0 Å². The third kappa shape index (κ3) is 1.89. The molecule has 1 aliphatic carbocycles. The molecule has 112 valence electrons. The summed E-state index contributed by atoms with van der Waals surface area (Å²) in [5.41, 5.74) is 5.63. The maximum atomic E-state index is 14.3. The molecule has 0 spiro atoms. The minimum atomic E-state index is -1.53. The second-order valence-corrected chi connectivity index (χ2v) is 4.93. The highest BCUT2D eigenvalue weighted by atomic mass is 35.5. The number of aromatic nitrogens is 4. The van der Waals surface area contributed by atoms with E-state index in [1.165, 1.54) is 0 Å². The van der Waals surface area contributed by atoms with Crippen LogP contribution in [0.2, 0.25) is 5.28 Å². The van der Waals surface area contributed by atoms with E-state index < -0.39 is 30.7 Å². The van der Waals surface area contributed by atoms with Crippen molar-refractivity contribution < 1.29 is 19.7 Å². The van der Waals surface area contributed by atoms with Crippen molar-refractivity contribution in [3.05, 3.63) is 23.0 Å². The number of aliphatic hydroxyl groups is 3. The van der Waals surface area contributed by atoms with E-state index in [1.54, 1.807) is 0 Å². The largest absolute Gasteiger partial charge is 0.392 e. The number of imidazole rings is 1. The van der Waals surface area contributed by atoms with Crippen LogP contribution < -0.4 is 5.73 Å². The van der Waals surface area contributed by atoms with Gasteiger partial charge in [-0.15, -0.1) is 0 Å². The first kappa shape index (κ1) is 14.1. The molecule has 2 heterocycles. The average molecular weight is 316 g/mol. The Labute approximate surface area is 122 Å². The monoisotopic (exact) mass is 315 g/mol. The van der Waals surface area contributed by atoms with Gasteiger partial charge in [0.15, 0.2) is 17.0 Å². The molecule has 0 bridgehead atoms. The number of anilines is 1. The Morgan fingerprint density at radius 2 is 2.10 bits per heavy atom. The van der Waals surface area contributed by atoms with Gasteiger partial charge >= 0.3 is 0 Å². The fourth-order valence-corrected chi connectivity index (χ4v) is 2.71. The van der Waals surface area contributed by atoms with Gasteiger partial charge in [0, 0.05) is 5.57 Å². The summed E-state index contributed by atoms with van der Waals surface area (Å²) in [6.07, 6.45) is -1.91. The lowest BCUT2D eigenvalue weighted by molar-refractivity contribution is 0.0262. The van der Waals surface area contributed by atoms with E-state index in [0.717, 1.165) is 10.9 Å². The van der Waals surface area contributed by atoms with Crippen LogP contribution >= 0.6 is 11.6 Å². The molecule has 0 saturated carbocycles. The van der Waals surface area contributed by atoms with Gasteiger partial charge in [0.2, 0.25) is 5.28 Å². The minimum Gasteiger partial charge on any atom is -0.392 e. The lowest BCUT2D eigenvalue weighted by Crippen LogP contribution is -2.30. The zero-order valence-corrected chi connectivity index (χ0v) is 11.2. The predicted molar refractivity (Wildman–Crippen MR) is 71.0 cm³/mol. The topological polar surface area (TPSA) is 130 Å². The Balaban J connectivity index is 2.24. The molecule has 1 aliphatic rings. The lowest BCUT2D eigenvalue weighted by atomic mass is 10.1. The zero-order chi connectivity index (χ0) is 15.3. The van der Waals surface area contributed by atoms with Gasteiger partial charge in [-0.05, 0) is 11.6 Å². The van der Waals surface area contributed by atoms with E-state index in [9.17, 15) is 14.6 Å². The van der Waals surface area contributed by atoms with Crippen molar-refractivity contribution in [3.8, 4) is 0 Å². The van der Waals surface area contributed by atoms with Crippen LogP contribution in [-0.4, -0.2) is 53.7 Å². The van der Waals surface area contributed by atoms with Crippen LogP contribution in [0.5, 0.6) is 0 Å². The number of hydrogen-bond donors (Lipinski definition) is 4. The van der Waals surface area contributed by atoms with Crippen molar-refractivity contribution in [1.29, 1.82) is 0 Å². The van der Waals surface area contributed by atoms with Gasteiger partial charge < -0.3 is 21.1 Å². The number of nitrogens with two attached hydrogens (primary N) is 1. The number of hydrogen-bond acceptors (Lipinski definition) is 7. The normalized spacial score (nSPS) is 26.0. The third-order valence-corrected chi connectivity index (χ3v) is 3.75. The summed E-state index contributed by atoms with van der Waals surface area (Å²) in [5.74, 6) is -0.823. The summed E-state index contributed by atoms with van der Waals surface area (Å²) in [4.78, 5) is 11.6. The van der Waals surface area contributed by atoms with Gasteiger partial charge in [0.05, 0.1) is 6.61 Å². The molecule has 3 atom stereocenters. The number of nitrogens with zero attached hydrogens (tertiary/aromatic N) is 4. The molecule has 0 amide bonds. The minimum absolute atomic E-state index is 0.0560. The molecule has 0 radical (unpaired) electrons. The maximum Gasteiger partial charge on any atom is 0.205 e. The molecule has 0 aliphatic heterocycles. The molecule has 0 fully saturated rings. The standard InChI is InChI=1S/C11H11ClFN5O3/c12-11-17-5-9(14)15-2-16-10(5)18(11)6-4(13)3(1-19)7(20)8(6)21/h2,6-8,19-21H,1H2,(H2,14,15,16)/t6?,7-,8-/m0/s1. The Morgan fingerprint density at radius 1 is 1.38 bits per heavy atom. The molecule has 1 unspecified atom stereocenters. The number of aliphatic hydroxyl groups excluding tert-OH is 3.